The molecule has 6 heteroatoms. The molecule has 0 atom stereocenters. The number of unbranched alkanes of at least 4 members (excludes halogenated alkanes) is 1. The first-order valence-electron chi connectivity index (χ1n) is 8.40. The number of nitro benzene ring substituents is 1. The van der Waals surface area contributed by atoms with Crippen LogP contribution in [0.2, 0.25) is 0 Å². The normalized spacial score (nSPS) is 10.8. The molecular formula is C19H20N4O2. The molecule has 0 saturated carbocycles. The van der Waals surface area contributed by atoms with Gasteiger partial charge in [0.25, 0.3) is 5.69 Å². The van der Waals surface area contributed by atoms with Gasteiger partial charge in [0, 0.05) is 24.1 Å². The van der Waals surface area contributed by atoms with Crippen molar-refractivity contribution < 1.29 is 4.92 Å². The molecule has 2 aromatic carbocycles. The summed E-state index contributed by atoms with van der Waals surface area (Å²) in [6.45, 7) is 2.74. The van der Waals surface area contributed by atoms with Crippen LogP contribution in [-0.2, 0) is 13.0 Å². The lowest BCUT2D eigenvalue weighted by molar-refractivity contribution is -0.384. The summed E-state index contributed by atoms with van der Waals surface area (Å²) < 4.78 is 2.10. The van der Waals surface area contributed by atoms with Crippen molar-refractivity contribution in [2.45, 2.75) is 32.7 Å². The van der Waals surface area contributed by atoms with Gasteiger partial charge < -0.3 is 4.57 Å². The number of nitro groups is 1. The van der Waals surface area contributed by atoms with Gasteiger partial charge in [-0.15, -0.1) is 10.2 Å². The molecule has 0 fully saturated rings. The highest BCUT2D eigenvalue weighted by Crippen LogP contribution is 2.21. The van der Waals surface area contributed by atoms with Crippen molar-refractivity contribution >= 4 is 5.69 Å². The molecule has 3 rings (SSSR count). The Morgan fingerprint density at radius 2 is 1.76 bits per heavy atom. The van der Waals surface area contributed by atoms with Crippen LogP contribution in [0, 0.1) is 10.1 Å². The molecule has 0 aliphatic heterocycles. The Bertz CT molecular complexity index is 842. The summed E-state index contributed by atoms with van der Waals surface area (Å²) in [5.74, 6) is 1.77. The van der Waals surface area contributed by atoms with Gasteiger partial charge in [-0.2, -0.15) is 0 Å². The summed E-state index contributed by atoms with van der Waals surface area (Å²) in [5, 5.41) is 19.6. The molecule has 0 N–H and O–H groups in total. The third-order valence-electron chi connectivity index (χ3n) is 4.10. The van der Waals surface area contributed by atoms with Gasteiger partial charge in [0.2, 0.25) is 0 Å². The van der Waals surface area contributed by atoms with Crippen molar-refractivity contribution in [3.8, 4) is 11.4 Å². The standard InChI is InChI=1S/C19H20N4O2/c1-2-3-9-18-20-21-19(16-7-5-4-6-8-16)22(18)14-15-10-12-17(13-11-15)23(24)25/h4-8,10-13H,2-3,9,14H2,1H3. The van der Waals surface area contributed by atoms with Gasteiger partial charge in [-0.3, -0.25) is 10.1 Å². The highest BCUT2D eigenvalue weighted by Gasteiger charge is 2.14. The molecule has 0 amide bonds. The highest BCUT2D eigenvalue weighted by atomic mass is 16.6. The fourth-order valence-electron chi connectivity index (χ4n) is 2.73. The summed E-state index contributed by atoms with van der Waals surface area (Å²) in [7, 11) is 0. The lowest BCUT2D eigenvalue weighted by Gasteiger charge is -2.10. The van der Waals surface area contributed by atoms with E-state index in [1.807, 2.05) is 30.3 Å². The van der Waals surface area contributed by atoms with E-state index in [9.17, 15) is 10.1 Å². The van der Waals surface area contributed by atoms with E-state index in [0.29, 0.717) is 6.54 Å². The monoisotopic (exact) mass is 336 g/mol. The van der Waals surface area contributed by atoms with E-state index in [1.54, 1.807) is 12.1 Å². The summed E-state index contributed by atoms with van der Waals surface area (Å²) >= 11 is 0. The molecule has 3 aromatic rings. The van der Waals surface area contributed by atoms with Crippen LogP contribution in [0.15, 0.2) is 54.6 Å². The Morgan fingerprint density at radius 1 is 1.04 bits per heavy atom. The fourth-order valence-corrected chi connectivity index (χ4v) is 2.73. The van der Waals surface area contributed by atoms with Crippen LogP contribution in [0.3, 0.4) is 0 Å². The van der Waals surface area contributed by atoms with Gasteiger partial charge in [0.15, 0.2) is 5.82 Å². The van der Waals surface area contributed by atoms with Gasteiger partial charge in [-0.25, -0.2) is 0 Å². The topological polar surface area (TPSA) is 73.8 Å². The zero-order valence-corrected chi connectivity index (χ0v) is 14.1. The fraction of sp³-hybridized carbons (Fsp3) is 0.263. The van der Waals surface area contributed by atoms with E-state index >= 15 is 0 Å². The molecule has 0 unspecified atom stereocenters. The predicted octanol–water partition coefficient (Wildman–Crippen LogP) is 4.24. The summed E-state index contributed by atoms with van der Waals surface area (Å²) in [5.41, 5.74) is 2.10. The minimum atomic E-state index is -0.384. The molecule has 1 aromatic heterocycles. The Morgan fingerprint density at radius 3 is 2.40 bits per heavy atom. The summed E-state index contributed by atoms with van der Waals surface area (Å²) in [6.07, 6.45) is 3.00. The largest absolute Gasteiger partial charge is 0.307 e. The number of hydrogen-bond acceptors (Lipinski definition) is 4. The zero-order chi connectivity index (χ0) is 17.6. The van der Waals surface area contributed by atoms with Gasteiger partial charge in [0.05, 0.1) is 11.5 Å². The van der Waals surface area contributed by atoms with Crippen molar-refractivity contribution in [3.05, 3.63) is 76.1 Å². The Hall–Kier alpha value is -3.02. The first-order valence-corrected chi connectivity index (χ1v) is 8.40. The van der Waals surface area contributed by atoms with Gasteiger partial charge in [0.1, 0.15) is 5.82 Å². The summed E-state index contributed by atoms with van der Waals surface area (Å²) in [6, 6.07) is 16.6. The van der Waals surface area contributed by atoms with E-state index in [4.69, 9.17) is 0 Å². The molecule has 0 bridgehead atoms. The molecule has 0 aliphatic carbocycles. The molecule has 0 radical (unpaired) electrons. The van der Waals surface area contributed by atoms with Crippen LogP contribution in [0.5, 0.6) is 0 Å². The lowest BCUT2D eigenvalue weighted by Crippen LogP contribution is -2.07. The van der Waals surface area contributed by atoms with Crippen molar-refractivity contribution in [3.63, 3.8) is 0 Å². The van der Waals surface area contributed by atoms with Crippen LogP contribution in [0.25, 0.3) is 11.4 Å². The number of rotatable bonds is 7. The van der Waals surface area contributed by atoms with E-state index in [0.717, 1.165) is 42.0 Å². The molecule has 128 valence electrons. The molecule has 0 saturated heterocycles. The second-order valence-corrected chi connectivity index (χ2v) is 5.92. The number of benzene rings is 2. The lowest BCUT2D eigenvalue weighted by atomic mass is 10.1. The average molecular weight is 336 g/mol. The minimum absolute atomic E-state index is 0.0991. The van der Waals surface area contributed by atoms with Crippen LogP contribution >= 0.6 is 0 Å². The summed E-state index contributed by atoms with van der Waals surface area (Å²) in [4.78, 5) is 10.4. The molecule has 1 heterocycles. The zero-order valence-electron chi connectivity index (χ0n) is 14.1. The average Bonchev–Trinajstić information content (AvgIpc) is 3.03. The predicted molar refractivity (Wildman–Crippen MR) is 96.3 cm³/mol. The third-order valence-corrected chi connectivity index (χ3v) is 4.10. The third kappa shape index (κ3) is 3.91. The van der Waals surface area contributed by atoms with Crippen LogP contribution < -0.4 is 0 Å². The Balaban J connectivity index is 1.94. The van der Waals surface area contributed by atoms with E-state index in [2.05, 4.69) is 21.7 Å². The minimum Gasteiger partial charge on any atom is -0.307 e. The molecular weight excluding hydrogens is 316 g/mol. The highest BCUT2D eigenvalue weighted by molar-refractivity contribution is 5.55. The quantitative estimate of drug-likeness (QED) is 0.478. The van der Waals surface area contributed by atoms with Crippen molar-refractivity contribution in [2.75, 3.05) is 0 Å². The van der Waals surface area contributed by atoms with Crippen molar-refractivity contribution in [1.82, 2.24) is 14.8 Å². The van der Waals surface area contributed by atoms with Crippen LogP contribution in [0.1, 0.15) is 31.2 Å². The first kappa shape index (κ1) is 16.8. The maximum atomic E-state index is 10.8. The number of aryl methyl sites for hydroxylation is 1. The maximum Gasteiger partial charge on any atom is 0.269 e. The SMILES string of the molecule is CCCCc1nnc(-c2ccccc2)n1Cc1ccc([N+](=O)[O-])cc1. The maximum absolute atomic E-state index is 10.8. The van der Waals surface area contributed by atoms with E-state index < -0.39 is 0 Å². The smallest absolute Gasteiger partial charge is 0.269 e. The second-order valence-electron chi connectivity index (χ2n) is 5.92. The van der Waals surface area contributed by atoms with Gasteiger partial charge in [-0.1, -0.05) is 55.8 Å². The number of nitrogens with zero attached hydrogens (tertiary/aromatic N) is 4. The van der Waals surface area contributed by atoms with Gasteiger partial charge in [-0.05, 0) is 12.0 Å². The van der Waals surface area contributed by atoms with Crippen LogP contribution in [0.4, 0.5) is 5.69 Å². The second kappa shape index (κ2) is 7.70. The molecule has 25 heavy (non-hydrogen) atoms. The van der Waals surface area contributed by atoms with Crippen molar-refractivity contribution in [2.24, 2.45) is 0 Å². The molecule has 0 spiro atoms. The van der Waals surface area contributed by atoms with Crippen molar-refractivity contribution in [1.29, 1.82) is 0 Å². The first-order chi connectivity index (χ1) is 12.2. The number of aromatic nitrogens is 3. The molecule has 0 aliphatic rings. The van der Waals surface area contributed by atoms with Gasteiger partial charge >= 0.3 is 0 Å². The number of non-ortho nitro benzene ring substituents is 1. The van der Waals surface area contributed by atoms with E-state index in [-0.39, 0.29) is 10.6 Å². The number of hydrogen-bond donors (Lipinski definition) is 0. The Kier molecular flexibility index (Phi) is 5.18. The van der Waals surface area contributed by atoms with Crippen LogP contribution in [-0.4, -0.2) is 19.7 Å². The Labute approximate surface area is 146 Å². The van der Waals surface area contributed by atoms with E-state index in [1.165, 1.54) is 12.1 Å². The molecule has 6 nitrogen and oxygen atoms in total.